The molecule has 1 saturated heterocycles. The molecule has 1 fully saturated rings. The predicted molar refractivity (Wildman–Crippen MR) is 112 cm³/mol. The largest absolute Gasteiger partial charge is 0.368 e. The van der Waals surface area contributed by atoms with E-state index in [-0.39, 0.29) is 11.6 Å². The molecule has 0 radical (unpaired) electrons. The van der Waals surface area contributed by atoms with Gasteiger partial charge < -0.3 is 10.2 Å². The summed E-state index contributed by atoms with van der Waals surface area (Å²) in [5.41, 5.74) is 2.51. The van der Waals surface area contributed by atoms with E-state index in [0.717, 1.165) is 42.8 Å². The number of aromatic nitrogens is 1. The van der Waals surface area contributed by atoms with Crippen LogP contribution in [0, 0.1) is 5.82 Å². The third-order valence-electron chi connectivity index (χ3n) is 4.92. The number of nitrogens with one attached hydrogen (secondary N) is 1. The van der Waals surface area contributed by atoms with Crippen LogP contribution < -0.4 is 10.2 Å². The number of hydrogen-bond acceptors (Lipinski definition) is 4. The van der Waals surface area contributed by atoms with Gasteiger partial charge in [-0.3, -0.25) is 0 Å². The molecule has 0 unspecified atom stereocenters. The van der Waals surface area contributed by atoms with E-state index < -0.39 is 10.0 Å². The van der Waals surface area contributed by atoms with Gasteiger partial charge in [0.2, 0.25) is 10.0 Å². The van der Waals surface area contributed by atoms with Crippen molar-refractivity contribution in [2.75, 3.05) is 36.8 Å². The summed E-state index contributed by atoms with van der Waals surface area (Å²) in [6.45, 7) is 3.64. The fourth-order valence-electron chi connectivity index (χ4n) is 3.51. The Hall–Kier alpha value is -2.64. The molecule has 2 aromatic carbocycles. The van der Waals surface area contributed by atoms with E-state index in [9.17, 15) is 12.8 Å². The van der Waals surface area contributed by atoms with Crippen LogP contribution in [0.2, 0.25) is 0 Å². The molecule has 0 amide bonds. The summed E-state index contributed by atoms with van der Waals surface area (Å²) in [7, 11) is -3.54. The van der Waals surface area contributed by atoms with Gasteiger partial charge in [0.1, 0.15) is 5.82 Å². The summed E-state index contributed by atoms with van der Waals surface area (Å²) in [4.78, 5) is 2.28. The maximum absolute atomic E-state index is 13.0. The highest BCUT2D eigenvalue weighted by molar-refractivity contribution is 7.90. The Balaban J connectivity index is 1.60. The first kappa shape index (κ1) is 18.7. The van der Waals surface area contributed by atoms with Crippen molar-refractivity contribution in [1.82, 2.24) is 9.29 Å². The Morgan fingerprint density at radius 1 is 1.04 bits per heavy atom. The van der Waals surface area contributed by atoms with Crippen LogP contribution in [-0.2, 0) is 10.0 Å². The second-order valence-electron chi connectivity index (χ2n) is 6.79. The summed E-state index contributed by atoms with van der Waals surface area (Å²) in [5.74, 6) is -0.449. The van der Waals surface area contributed by atoms with Gasteiger partial charge in [0, 0.05) is 43.4 Å². The lowest BCUT2D eigenvalue weighted by Crippen LogP contribution is -2.43. The average Bonchev–Trinajstić information content (AvgIpc) is 3.15. The fourth-order valence-corrected chi connectivity index (χ4v) is 4.72. The lowest BCUT2D eigenvalue weighted by molar-refractivity contribution is 0.590. The SMILES string of the molecule is O=S(=O)(CC=Cc1ccc(F)cc1)n1ccc2c(N3CCNCC3)cccc21. The van der Waals surface area contributed by atoms with Crippen molar-refractivity contribution >= 4 is 32.7 Å². The molecule has 28 heavy (non-hydrogen) atoms. The van der Waals surface area contributed by atoms with Crippen LogP contribution in [0.3, 0.4) is 0 Å². The molecule has 146 valence electrons. The van der Waals surface area contributed by atoms with Crippen molar-refractivity contribution in [3.05, 3.63) is 72.2 Å². The first-order valence-corrected chi connectivity index (χ1v) is 10.9. The van der Waals surface area contributed by atoms with E-state index in [2.05, 4.69) is 10.2 Å². The molecule has 1 aliphatic rings. The fraction of sp³-hybridized carbons (Fsp3) is 0.238. The van der Waals surface area contributed by atoms with E-state index in [1.165, 1.54) is 16.1 Å². The molecule has 0 bridgehead atoms. The zero-order valence-corrected chi connectivity index (χ0v) is 16.2. The van der Waals surface area contributed by atoms with E-state index in [1.807, 2.05) is 24.3 Å². The van der Waals surface area contributed by atoms with Gasteiger partial charge in [-0.25, -0.2) is 16.8 Å². The highest BCUT2D eigenvalue weighted by atomic mass is 32.2. The molecule has 0 saturated carbocycles. The zero-order valence-electron chi connectivity index (χ0n) is 15.4. The van der Waals surface area contributed by atoms with Gasteiger partial charge in [-0.2, -0.15) is 0 Å². The Morgan fingerprint density at radius 3 is 2.54 bits per heavy atom. The van der Waals surface area contributed by atoms with Gasteiger partial charge in [-0.1, -0.05) is 30.4 Å². The van der Waals surface area contributed by atoms with Crippen LogP contribution in [-0.4, -0.2) is 44.3 Å². The van der Waals surface area contributed by atoms with Crippen LogP contribution in [0.4, 0.5) is 10.1 Å². The normalized spacial score (nSPS) is 15.5. The molecular formula is C21H22FN3O2S. The molecule has 1 aromatic heterocycles. The minimum absolute atomic E-state index is 0.133. The molecule has 1 N–H and O–H groups in total. The molecule has 1 aliphatic heterocycles. The molecule has 0 atom stereocenters. The van der Waals surface area contributed by atoms with Crippen LogP contribution in [0.25, 0.3) is 17.0 Å². The Labute approximate surface area is 164 Å². The van der Waals surface area contributed by atoms with Crippen molar-refractivity contribution < 1.29 is 12.8 Å². The van der Waals surface area contributed by atoms with Crippen molar-refractivity contribution in [2.24, 2.45) is 0 Å². The maximum Gasteiger partial charge on any atom is 0.242 e. The number of halogens is 1. The van der Waals surface area contributed by atoms with Crippen LogP contribution in [0.15, 0.2) is 60.8 Å². The van der Waals surface area contributed by atoms with Gasteiger partial charge >= 0.3 is 0 Å². The standard InChI is InChI=1S/C21H22FN3O2S/c22-18-8-6-17(7-9-18)3-2-16-28(26,27)25-13-10-19-20(4-1-5-21(19)25)24-14-11-23-12-15-24/h1-10,13,23H,11-12,14-16H2. The number of rotatable bonds is 5. The molecule has 0 spiro atoms. The number of anilines is 1. The lowest BCUT2D eigenvalue weighted by atomic mass is 10.2. The van der Waals surface area contributed by atoms with E-state index in [1.54, 1.807) is 30.5 Å². The van der Waals surface area contributed by atoms with E-state index in [0.29, 0.717) is 5.52 Å². The van der Waals surface area contributed by atoms with Gasteiger partial charge in [-0.15, -0.1) is 0 Å². The van der Waals surface area contributed by atoms with Gasteiger partial charge in [-0.05, 0) is 35.9 Å². The number of piperazine rings is 1. The summed E-state index contributed by atoms with van der Waals surface area (Å²) in [5, 5.41) is 4.27. The lowest BCUT2D eigenvalue weighted by Gasteiger charge is -2.30. The molecule has 0 aliphatic carbocycles. The van der Waals surface area contributed by atoms with Crippen molar-refractivity contribution in [2.45, 2.75) is 0 Å². The number of benzene rings is 2. The van der Waals surface area contributed by atoms with Crippen LogP contribution in [0.1, 0.15) is 5.56 Å². The monoisotopic (exact) mass is 399 g/mol. The van der Waals surface area contributed by atoms with Gasteiger partial charge in [0.05, 0.1) is 11.3 Å². The smallest absolute Gasteiger partial charge is 0.242 e. The zero-order chi connectivity index (χ0) is 19.6. The van der Waals surface area contributed by atoms with Crippen molar-refractivity contribution in [1.29, 1.82) is 0 Å². The second kappa shape index (κ2) is 7.77. The number of nitrogens with zero attached hydrogens (tertiary/aromatic N) is 2. The summed E-state index contributed by atoms with van der Waals surface area (Å²) >= 11 is 0. The second-order valence-corrected chi connectivity index (χ2v) is 8.68. The highest BCUT2D eigenvalue weighted by Crippen LogP contribution is 2.29. The Bertz CT molecular complexity index is 1100. The Morgan fingerprint density at radius 2 is 1.79 bits per heavy atom. The van der Waals surface area contributed by atoms with Crippen LogP contribution in [0.5, 0.6) is 0 Å². The highest BCUT2D eigenvalue weighted by Gasteiger charge is 2.18. The minimum Gasteiger partial charge on any atom is -0.368 e. The quantitative estimate of drug-likeness (QED) is 0.716. The maximum atomic E-state index is 13.0. The third-order valence-corrected chi connectivity index (χ3v) is 6.45. The molecule has 2 heterocycles. The molecule has 3 aromatic rings. The summed E-state index contributed by atoms with van der Waals surface area (Å²) in [6, 6.07) is 13.6. The van der Waals surface area contributed by atoms with E-state index in [4.69, 9.17) is 0 Å². The minimum atomic E-state index is -3.54. The molecule has 7 heteroatoms. The first-order valence-electron chi connectivity index (χ1n) is 9.26. The van der Waals surface area contributed by atoms with Crippen molar-refractivity contribution in [3.63, 3.8) is 0 Å². The van der Waals surface area contributed by atoms with Crippen LogP contribution >= 0.6 is 0 Å². The van der Waals surface area contributed by atoms with Gasteiger partial charge in [0.25, 0.3) is 0 Å². The topological polar surface area (TPSA) is 54.3 Å². The number of fused-ring (bicyclic) bond motifs is 1. The Kier molecular flexibility index (Phi) is 5.19. The van der Waals surface area contributed by atoms with Gasteiger partial charge in [0.15, 0.2) is 0 Å². The first-order chi connectivity index (χ1) is 13.5. The number of hydrogen-bond donors (Lipinski definition) is 1. The third kappa shape index (κ3) is 3.81. The molecule has 5 nitrogen and oxygen atoms in total. The average molecular weight is 399 g/mol. The molecule has 4 rings (SSSR count). The summed E-state index contributed by atoms with van der Waals surface area (Å²) < 4.78 is 40.1. The summed E-state index contributed by atoms with van der Waals surface area (Å²) in [6.07, 6.45) is 4.90. The predicted octanol–water partition coefficient (Wildman–Crippen LogP) is 3.08. The van der Waals surface area contributed by atoms with Crippen molar-refractivity contribution in [3.8, 4) is 0 Å². The molecular weight excluding hydrogens is 377 g/mol. The van der Waals surface area contributed by atoms with E-state index >= 15 is 0 Å².